The van der Waals surface area contributed by atoms with Gasteiger partial charge in [-0.2, -0.15) is 4.31 Å². The Hall–Kier alpha value is -2.41. The molecule has 0 spiro atoms. The smallest absolute Gasteiger partial charge is 0.243 e. The van der Waals surface area contributed by atoms with Crippen molar-refractivity contribution < 1.29 is 30.4 Å². The second-order valence-corrected chi connectivity index (χ2v) is 10.8. The summed E-state index contributed by atoms with van der Waals surface area (Å²) in [6, 6.07) is 8.15. The van der Waals surface area contributed by atoms with Crippen molar-refractivity contribution in [3.63, 3.8) is 0 Å². The predicted octanol–water partition coefficient (Wildman–Crippen LogP) is 1.91. The second-order valence-electron chi connectivity index (χ2n) is 6.98. The lowest BCUT2D eigenvalue weighted by molar-refractivity contribution is -0.120. The summed E-state index contributed by atoms with van der Waals surface area (Å²) in [6.45, 7) is 0.0706. The van der Waals surface area contributed by atoms with E-state index in [0.29, 0.717) is 11.8 Å². The normalized spacial score (nSPS) is 16.2. The van der Waals surface area contributed by atoms with E-state index in [0.717, 1.165) is 16.4 Å². The average Bonchev–Trinajstić information content (AvgIpc) is 2.75. The fraction of sp³-hybridized carbons (Fsp3) is 0.316. The number of amides is 1. The topological polar surface area (TPSA) is 113 Å². The van der Waals surface area contributed by atoms with E-state index >= 15 is 0 Å². The number of carbonyl (C=O) groups is 1. The van der Waals surface area contributed by atoms with Crippen molar-refractivity contribution in [1.29, 1.82) is 0 Å². The third kappa shape index (κ3) is 5.09. The highest BCUT2D eigenvalue weighted by Gasteiger charge is 2.32. The molecule has 0 radical (unpaired) electrons. The van der Waals surface area contributed by atoms with Crippen LogP contribution in [-0.2, 0) is 24.8 Å². The van der Waals surface area contributed by atoms with Gasteiger partial charge in [0.2, 0.25) is 26.0 Å². The summed E-state index contributed by atoms with van der Waals surface area (Å²) in [7, 11) is -6.39. The Kier molecular flexibility index (Phi) is 6.74. The van der Waals surface area contributed by atoms with Gasteiger partial charge in [0.05, 0.1) is 9.79 Å². The van der Waals surface area contributed by atoms with Gasteiger partial charge in [-0.15, -0.1) is 0 Å². The summed E-state index contributed by atoms with van der Waals surface area (Å²) in [5, 5.41) is 2.66. The van der Waals surface area contributed by atoms with E-state index < -0.39 is 37.6 Å². The molecular weight excluding hydrogens is 452 g/mol. The number of sulfonamides is 2. The maximum absolute atomic E-state index is 13.4. The van der Waals surface area contributed by atoms with Gasteiger partial charge < -0.3 is 5.32 Å². The summed E-state index contributed by atoms with van der Waals surface area (Å²) in [5.74, 6) is -3.23. The quantitative estimate of drug-likeness (QED) is 0.666. The monoisotopic (exact) mass is 473 g/mol. The highest BCUT2D eigenvalue weighted by molar-refractivity contribution is 7.89. The van der Waals surface area contributed by atoms with Crippen LogP contribution in [0.25, 0.3) is 0 Å². The van der Waals surface area contributed by atoms with Gasteiger partial charge in [-0.05, 0) is 56.3 Å². The molecule has 0 atom stereocenters. The van der Waals surface area contributed by atoms with Crippen LogP contribution in [0.1, 0.15) is 12.8 Å². The summed E-state index contributed by atoms with van der Waals surface area (Å²) >= 11 is 0. The molecular formula is C19H21F2N3O5S2. The molecule has 0 aromatic heterocycles. The number of carbonyl (C=O) groups excluding carboxylic acids is 1. The molecule has 12 heteroatoms. The van der Waals surface area contributed by atoms with Gasteiger partial charge >= 0.3 is 0 Å². The van der Waals surface area contributed by atoms with Gasteiger partial charge in [-0.3, -0.25) is 4.79 Å². The van der Waals surface area contributed by atoms with Crippen LogP contribution in [0.3, 0.4) is 0 Å². The number of rotatable bonds is 6. The molecule has 168 valence electrons. The van der Waals surface area contributed by atoms with E-state index in [1.807, 2.05) is 0 Å². The fourth-order valence-corrected chi connectivity index (χ4v) is 5.51. The molecule has 1 saturated heterocycles. The number of hydrogen-bond acceptors (Lipinski definition) is 5. The van der Waals surface area contributed by atoms with E-state index in [2.05, 4.69) is 10.0 Å². The number of anilines is 1. The standard InChI is InChI=1S/C19H21F2N3O5S2/c1-22-30(26,27)15-4-2-3-14(11-15)23-19(25)13-7-9-24(10-8-13)31(28,29)16-5-6-17(20)18(21)12-16/h2-6,11-13,22H,7-10H2,1H3,(H,23,25). The predicted molar refractivity (Wildman–Crippen MR) is 109 cm³/mol. The number of piperidine rings is 1. The first-order valence-electron chi connectivity index (χ1n) is 9.34. The molecule has 2 aromatic rings. The van der Waals surface area contributed by atoms with Crippen LogP contribution in [0.2, 0.25) is 0 Å². The molecule has 1 aliphatic heterocycles. The molecule has 1 aliphatic rings. The zero-order valence-electron chi connectivity index (χ0n) is 16.5. The minimum Gasteiger partial charge on any atom is -0.326 e. The average molecular weight is 474 g/mol. The maximum atomic E-state index is 13.4. The van der Waals surface area contributed by atoms with Crippen LogP contribution in [0.4, 0.5) is 14.5 Å². The molecule has 31 heavy (non-hydrogen) atoms. The van der Waals surface area contributed by atoms with Gasteiger partial charge in [-0.1, -0.05) is 6.07 Å². The molecule has 0 bridgehead atoms. The number of benzene rings is 2. The largest absolute Gasteiger partial charge is 0.326 e. The number of hydrogen-bond donors (Lipinski definition) is 2. The number of nitrogens with one attached hydrogen (secondary N) is 2. The molecule has 1 fully saturated rings. The lowest BCUT2D eigenvalue weighted by atomic mass is 9.97. The SMILES string of the molecule is CNS(=O)(=O)c1cccc(NC(=O)C2CCN(S(=O)(=O)c3ccc(F)c(F)c3)CC2)c1. The van der Waals surface area contributed by atoms with Crippen molar-refractivity contribution >= 4 is 31.6 Å². The first-order valence-corrected chi connectivity index (χ1v) is 12.3. The molecule has 2 aromatic carbocycles. The zero-order valence-corrected chi connectivity index (χ0v) is 18.1. The minimum absolute atomic E-state index is 0.000225. The van der Waals surface area contributed by atoms with Gasteiger partial charge in [0, 0.05) is 24.7 Å². The molecule has 8 nitrogen and oxygen atoms in total. The van der Waals surface area contributed by atoms with E-state index in [9.17, 15) is 30.4 Å². The number of halogens is 2. The van der Waals surface area contributed by atoms with Crippen LogP contribution in [0.5, 0.6) is 0 Å². The van der Waals surface area contributed by atoms with E-state index in [4.69, 9.17) is 0 Å². The van der Waals surface area contributed by atoms with Crippen LogP contribution in [0.15, 0.2) is 52.3 Å². The molecule has 0 saturated carbocycles. The molecule has 0 aliphatic carbocycles. The lowest BCUT2D eigenvalue weighted by Crippen LogP contribution is -2.41. The third-order valence-corrected chi connectivity index (χ3v) is 8.34. The molecule has 3 rings (SSSR count). The van der Waals surface area contributed by atoms with E-state index in [1.54, 1.807) is 6.07 Å². The van der Waals surface area contributed by atoms with Crippen molar-refractivity contribution in [2.45, 2.75) is 22.6 Å². The van der Waals surface area contributed by atoms with Crippen molar-refractivity contribution in [3.05, 3.63) is 54.1 Å². The Morgan fingerprint density at radius 3 is 2.26 bits per heavy atom. The molecule has 1 heterocycles. The van der Waals surface area contributed by atoms with Crippen LogP contribution in [0, 0.1) is 17.6 Å². The van der Waals surface area contributed by atoms with Gasteiger partial charge in [0.25, 0.3) is 0 Å². The van der Waals surface area contributed by atoms with Gasteiger partial charge in [0.1, 0.15) is 0 Å². The summed E-state index contributed by atoms with van der Waals surface area (Å²) < 4.78 is 78.9. The van der Waals surface area contributed by atoms with Crippen LogP contribution < -0.4 is 10.0 Å². The first kappa shape index (κ1) is 23.3. The third-order valence-electron chi connectivity index (χ3n) is 5.03. The Morgan fingerprint density at radius 2 is 1.65 bits per heavy atom. The Morgan fingerprint density at radius 1 is 0.968 bits per heavy atom. The van der Waals surface area contributed by atoms with E-state index in [-0.39, 0.29) is 41.6 Å². The Bertz CT molecular complexity index is 1190. The highest BCUT2D eigenvalue weighted by Crippen LogP contribution is 2.26. The second kappa shape index (κ2) is 8.99. The Balaban J connectivity index is 1.65. The minimum atomic E-state index is -4.01. The Labute approximate surface area is 179 Å². The van der Waals surface area contributed by atoms with Crippen molar-refractivity contribution in [3.8, 4) is 0 Å². The number of nitrogens with zero attached hydrogens (tertiary/aromatic N) is 1. The first-order chi connectivity index (χ1) is 14.5. The van der Waals surface area contributed by atoms with Crippen LogP contribution >= 0.6 is 0 Å². The lowest BCUT2D eigenvalue weighted by Gasteiger charge is -2.30. The fourth-order valence-electron chi connectivity index (χ4n) is 3.25. The summed E-state index contributed by atoms with van der Waals surface area (Å²) in [4.78, 5) is 12.2. The summed E-state index contributed by atoms with van der Waals surface area (Å²) in [6.07, 6.45) is 0.451. The maximum Gasteiger partial charge on any atom is 0.243 e. The molecule has 2 N–H and O–H groups in total. The van der Waals surface area contributed by atoms with Crippen LogP contribution in [-0.4, -0.2) is 47.2 Å². The van der Waals surface area contributed by atoms with Gasteiger partial charge in [-0.25, -0.2) is 30.3 Å². The molecule has 1 amide bonds. The van der Waals surface area contributed by atoms with Crippen molar-refractivity contribution in [1.82, 2.24) is 9.03 Å². The zero-order chi connectivity index (χ0) is 22.8. The van der Waals surface area contributed by atoms with E-state index in [1.165, 1.54) is 25.2 Å². The highest BCUT2D eigenvalue weighted by atomic mass is 32.2. The summed E-state index contributed by atoms with van der Waals surface area (Å²) in [5.41, 5.74) is 0.304. The van der Waals surface area contributed by atoms with Crippen molar-refractivity contribution in [2.75, 3.05) is 25.5 Å². The van der Waals surface area contributed by atoms with Gasteiger partial charge in [0.15, 0.2) is 11.6 Å². The molecule has 0 unspecified atom stereocenters. The van der Waals surface area contributed by atoms with Crippen molar-refractivity contribution in [2.24, 2.45) is 5.92 Å².